The molecule has 19 nitrogen and oxygen atoms in total. The minimum absolute atomic E-state index is 0.129. The third-order valence-corrected chi connectivity index (χ3v) is 8.36. The number of carbonyl (C=O) groups excluding carboxylic acids is 8. The van der Waals surface area contributed by atoms with Gasteiger partial charge in [-0.05, 0) is 122 Å². The summed E-state index contributed by atoms with van der Waals surface area (Å²) in [6.45, 7) is 50.9. The number of hydrogen-bond donors (Lipinski definition) is 0. The van der Waals surface area contributed by atoms with Crippen molar-refractivity contribution in [1.82, 2.24) is 0 Å². The van der Waals surface area contributed by atoms with Crippen molar-refractivity contribution in [3.05, 3.63) is 97.2 Å². The monoisotopic (exact) mass is 1060 g/mol. The van der Waals surface area contributed by atoms with E-state index in [0.29, 0.717) is 97.1 Å². The van der Waals surface area contributed by atoms with Gasteiger partial charge in [-0.2, -0.15) is 0 Å². The molecule has 0 aliphatic heterocycles. The van der Waals surface area contributed by atoms with Gasteiger partial charge in [0.25, 0.3) is 0 Å². The molecule has 426 valence electrons. The molecule has 0 aromatic heterocycles. The van der Waals surface area contributed by atoms with E-state index in [1.807, 2.05) is 0 Å². The average molecular weight is 1070 g/mol. The topological polar surface area (TPSA) is 238 Å². The van der Waals surface area contributed by atoms with Crippen LogP contribution in [0.15, 0.2) is 97.2 Å². The maximum absolute atomic E-state index is 11.2. The van der Waals surface area contributed by atoms with Gasteiger partial charge in [-0.3, -0.25) is 0 Å². The normalized spacial score (nSPS) is 11.5. The molecule has 0 saturated heterocycles. The zero-order chi connectivity index (χ0) is 58.6. The van der Waals surface area contributed by atoms with Crippen LogP contribution in [0.1, 0.15) is 122 Å². The van der Waals surface area contributed by atoms with Crippen LogP contribution in [-0.4, -0.2) is 138 Å². The number of carbonyl (C=O) groups is 8. The van der Waals surface area contributed by atoms with Gasteiger partial charge < -0.3 is 52.1 Å². The van der Waals surface area contributed by atoms with E-state index >= 15 is 0 Å². The lowest BCUT2D eigenvalue weighted by Crippen LogP contribution is -2.27. The lowest BCUT2D eigenvalue weighted by Gasteiger charge is -2.19. The van der Waals surface area contributed by atoms with E-state index in [4.69, 9.17) is 52.1 Å². The highest BCUT2D eigenvalue weighted by Crippen LogP contribution is 2.06. The molecule has 0 fully saturated rings. The zero-order valence-electron chi connectivity index (χ0n) is 47.0. The van der Waals surface area contributed by atoms with Crippen molar-refractivity contribution in [1.29, 1.82) is 0 Å². The molecule has 75 heavy (non-hydrogen) atoms. The molecule has 0 rings (SSSR count). The summed E-state index contributed by atoms with van der Waals surface area (Å²) in [4.78, 5) is 88.8. The van der Waals surface area contributed by atoms with Crippen molar-refractivity contribution in [2.45, 2.75) is 146 Å². The summed E-state index contributed by atoms with van der Waals surface area (Å²) in [5.41, 5.74) is 2.97. The Bertz CT molecular complexity index is 1810. The molecule has 4 unspecified atom stereocenters. The lowest BCUT2D eigenvalue weighted by molar-refractivity contribution is -0.150. The highest BCUT2D eigenvalue weighted by atomic mass is 16.6. The average Bonchev–Trinajstić information content (AvgIpc) is 3.33. The van der Waals surface area contributed by atoms with Gasteiger partial charge in [0.1, 0.15) is 25.9 Å². The molecule has 4 atom stereocenters. The highest BCUT2D eigenvalue weighted by Gasteiger charge is 2.16. The van der Waals surface area contributed by atoms with Crippen molar-refractivity contribution in [2.24, 2.45) is 0 Å². The maximum atomic E-state index is 11.2. The molecule has 0 heterocycles. The summed E-state index contributed by atoms with van der Waals surface area (Å²) in [7, 11) is 0. The Morgan fingerprint density at radius 1 is 0.293 bits per heavy atom. The van der Waals surface area contributed by atoms with Crippen LogP contribution in [0.5, 0.6) is 0 Å². The SMILES string of the molecule is C=C(C)C(=O)OCC(C)OC(C)COC(=O)C(=C)C.C=C(C)C(=O)OCC(C)OCC(C)OC(=O)C(=C)C.C=C(C)C(=O)OCCCCOC(=O)C(=C)C.C=C(C)C(=O)OCCCCOCCCCOC(=O)C(=C)C. The van der Waals surface area contributed by atoms with Crippen LogP contribution in [0, 0.1) is 0 Å². The van der Waals surface area contributed by atoms with Gasteiger partial charge in [0, 0.05) is 57.8 Å². The first-order valence-electron chi connectivity index (χ1n) is 24.4. The van der Waals surface area contributed by atoms with Crippen LogP contribution in [-0.2, 0) is 90.5 Å². The molecular weight excluding hydrogens is 977 g/mol. The largest absolute Gasteiger partial charge is 0.462 e. The van der Waals surface area contributed by atoms with Crippen molar-refractivity contribution in [3.8, 4) is 0 Å². The summed E-state index contributed by atoms with van der Waals surface area (Å²) >= 11 is 0. The van der Waals surface area contributed by atoms with Crippen LogP contribution in [0.3, 0.4) is 0 Å². The predicted molar refractivity (Wildman–Crippen MR) is 285 cm³/mol. The Hall–Kier alpha value is -6.44. The zero-order valence-corrected chi connectivity index (χ0v) is 47.0. The van der Waals surface area contributed by atoms with Gasteiger partial charge >= 0.3 is 47.8 Å². The first kappa shape index (κ1) is 75.1. The Morgan fingerprint density at radius 2 is 0.520 bits per heavy atom. The van der Waals surface area contributed by atoms with E-state index in [9.17, 15) is 38.4 Å². The maximum Gasteiger partial charge on any atom is 0.333 e. The van der Waals surface area contributed by atoms with Crippen LogP contribution in [0.4, 0.5) is 0 Å². The van der Waals surface area contributed by atoms with E-state index in [2.05, 4.69) is 52.6 Å². The summed E-state index contributed by atoms with van der Waals surface area (Å²) in [5.74, 6) is -3.26. The van der Waals surface area contributed by atoms with Crippen LogP contribution in [0.25, 0.3) is 0 Å². The molecule has 0 saturated carbocycles. The van der Waals surface area contributed by atoms with Crippen LogP contribution in [0.2, 0.25) is 0 Å². The standard InChI is InChI=1S/C16H26O5.2C14H22O5.C12H18O4/c1-13(2)15(17)20-11-7-5-9-19-10-6-8-12-21-16(18)14(3)4;1-9(2)13(15)18-7-11(5)17-8-12(6)19-14(16)10(3)4;1-9(2)13(15)17-7-11(5)19-12(6)8-18-14(16)10(3)4;1-9(2)11(13)15-7-5-6-8-16-12(14)10(3)4/h1,3,5-12H2,2,4H3;2*11-12H,1,3,7-8H2,2,4-6H3;1,3,5-8H2,2,4H3. The molecule has 19 heteroatoms. The van der Waals surface area contributed by atoms with E-state index in [0.717, 1.165) is 25.7 Å². The fourth-order valence-corrected chi connectivity index (χ4v) is 4.16. The molecule has 0 aliphatic carbocycles. The van der Waals surface area contributed by atoms with E-state index in [-0.39, 0.29) is 74.7 Å². The van der Waals surface area contributed by atoms with Gasteiger partial charge in [0.15, 0.2) is 0 Å². The fraction of sp³-hybridized carbons (Fsp3) is 0.571. The molecular formula is C56H88O19. The Morgan fingerprint density at radius 3 is 0.773 bits per heavy atom. The van der Waals surface area contributed by atoms with E-state index < -0.39 is 23.9 Å². The minimum Gasteiger partial charge on any atom is -0.462 e. The fourth-order valence-electron chi connectivity index (χ4n) is 4.16. The molecule has 0 radical (unpaired) electrons. The Kier molecular flexibility index (Phi) is 46.2. The summed E-state index contributed by atoms with van der Waals surface area (Å²) < 4.78 is 55.8. The molecule has 0 spiro atoms. The van der Waals surface area contributed by atoms with E-state index in [1.54, 1.807) is 83.1 Å². The van der Waals surface area contributed by atoms with Crippen LogP contribution < -0.4 is 0 Å². The van der Waals surface area contributed by atoms with Gasteiger partial charge in [-0.15, -0.1) is 0 Å². The first-order chi connectivity index (χ1) is 34.9. The number of hydrogen-bond acceptors (Lipinski definition) is 19. The second-order valence-corrected chi connectivity index (χ2v) is 17.4. The van der Waals surface area contributed by atoms with Crippen molar-refractivity contribution >= 4 is 47.8 Å². The number of esters is 8. The van der Waals surface area contributed by atoms with Crippen LogP contribution >= 0.6 is 0 Å². The molecule has 0 bridgehead atoms. The lowest BCUT2D eigenvalue weighted by atomic mass is 10.3. The third-order valence-electron chi connectivity index (χ3n) is 8.36. The predicted octanol–water partition coefficient (Wildman–Crippen LogP) is 8.84. The molecule has 0 aromatic rings. The molecule has 0 aromatic carbocycles. The third kappa shape index (κ3) is 49.5. The molecule has 0 amide bonds. The number of unbranched alkanes of at least 4 members (excludes halogenated alkanes) is 3. The smallest absolute Gasteiger partial charge is 0.333 e. The summed E-state index contributed by atoms with van der Waals surface area (Å²) in [6, 6.07) is 0. The van der Waals surface area contributed by atoms with Gasteiger partial charge in [-0.25, -0.2) is 38.4 Å². The van der Waals surface area contributed by atoms with E-state index in [1.165, 1.54) is 0 Å². The summed E-state index contributed by atoms with van der Waals surface area (Å²) in [5, 5.41) is 0. The molecule has 0 aliphatic rings. The second kappa shape index (κ2) is 46.1. The Balaban J connectivity index is -0.000000450. The summed E-state index contributed by atoms with van der Waals surface area (Å²) in [6.07, 6.45) is 3.29. The van der Waals surface area contributed by atoms with Gasteiger partial charge in [-0.1, -0.05) is 52.6 Å². The second-order valence-electron chi connectivity index (χ2n) is 17.4. The van der Waals surface area contributed by atoms with Crippen molar-refractivity contribution in [3.63, 3.8) is 0 Å². The quantitative estimate of drug-likeness (QED) is 0.0249. The van der Waals surface area contributed by atoms with Crippen molar-refractivity contribution < 1.29 is 90.5 Å². The minimum atomic E-state index is -0.447. The van der Waals surface area contributed by atoms with Gasteiger partial charge in [0.2, 0.25) is 0 Å². The number of rotatable bonds is 35. The molecule has 0 N–H and O–H groups in total. The number of ether oxygens (including phenoxy) is 11. The first-order valence-corrected chi connectivity index (χ1v) is 24.4. The Labute approximate surface area is 446 Å². The highest BCUT2D eigenvalue weighted by molar-refractivity contribution is 5.89. The van der Waals surface area contributed by atoms with Gasteiger partial charge in [0.05, 0.1) is 51.3 Å². The van der Waals surface area contributed by atoms with Crippen molar-refractivity contribution in [2.75, 3.05) is 66.1 Å².